The Bertz CT molecular complexity index is 394. The van der Waals surface area contributed by atoms with Crippen molar-refractivity contribution in [1.29, 1.82) is 0 Å². The quantitative estimate of drug-likeness (QED) is 0.529. The summed E-state index contributed by atoms with van der Waals surface area (Å²) in [5.41, 5.74) is 0. The lowest BCUT2D eigenvalue weighted by Gasteiger charge is -2.37. The number of carbonyl (C=O) groups is 1. The van der Waals surface area contributed by atoms with Gasteiger partial charge in [-0.15, -0.1) is 0 Å². The van der Waals surface area contributed by atoms with Gasteiger partial charge in [-0.3, -0.25) is 4.79 Å². The van der Waals surface area contributed by atoms with Crippen LogP contribution in [0.5, 0.6) is 0 Å². The van der Waals surface area contributed by atoms with E-state index in [1.54, 1.807) is 0 Å². The molecule has 144 valence electrons. The number of esters is 1. The van der Waals surface area contributed by atoms with Crippen LogP contribution in [-0.4, -0.2) is 12.1 Å². The third-order valence-corrected chi connectivity index (χ3v) is 7.89. The van der Waals surface area contributed by atoms with Crippen molar-refractivity contribution in [3.8, 4) is 0 Å². The van der Waals surface area contributed by atoms with Crippen molar-refractivity contribution in [3.05, 3.63) is 0 Å². The molecular weight excluding hydrogens is 308 g/mol. The fourth-order valence-electron chi connectivity index (χ4n) is 5.81. The van der Waals surface area contributed by atoms with Gasteiger partial charge < -0.3 is 4.74 Å². The van der Waals surface area contributed by atoms with Crippen molar-refractivity contribution in [2.45, 2.75) is 110 Å². The number of carbonyl (C=O) groups excluding carboxylic acids is 1. The fourth-order valence-corrected chi connectivity index (χ4v) is 5.81. The normalized spacial score (nSPS) is 39.8. The maximum Gasteiger partial charge on any atom is 0.309 e. The molecule has 0 atom stereocenters. The van der Waals surface area contributed by atoms with Crippen LogP contribution in [0.4, 0.5) is 0 Å². The minimum absolute atomic E-state index is 0.132. The van der Waals surface area contributed by atoms with Gasteiger partial charge in [0, 0.05) is 0 Å². The molecule has 2 heteroatoms. The molecule has 0 bridgehead atoms. The highest BCUT2D eigenvalue weighted by Crippen LogP contribution is 2.42. The first-order valence-electron chi connectivity index (χ1n) is 11.4. The lowest BCUT2D eigenvalue weighted by atomic mass is 9.69. The molecule has 3 fully saturated rings. The van der Waals surface area contributed by atoms with E-state index < -0.39 is 0 Å². The summed E-state index contributed by atoms with van der Waals surface area (Å²) < 4.78 is 5.89. The zero-order valence-electron chi connectivity index (χ0n) is 16.7. The molecule has 0 aromatic rings. The smallest absolute Gasteiger partial charge is 0.309 e. The van der Waals surface area contributed by atoms with Crippen molar-refractivity contribution in [3.63, 3.8) is 0 Å². The Morgan fingerprint density at radius 2 is 1.12 bits per heavy atom. The van der Waals surface area contributed by atoms with Gasteiger partial charge in [-0.1, -0.05) is 39.5 Å². The van der Waals surface area contributed by atoms with Crippen LogP contribution in [0.3, 0.4) is 0 Å². The molecule has 0 aromatic heterocycles. The van der Waals surface area contributed by atoms with Gasteiger partial charge in [-0.25, -0.2) is 0 Å². The van der Waals surface area contributed by atoms with Crippen LogP contribution in [-0.2, 0) is 9.53 Å². The highest BCUT2D eigenvalue weighted by Gasteiger charge is 2.34. The average molecular weight is 349 g/mol. The Morgan fingerprint density at radius 3 is 1.60 bits per heavy atom. The highest BCUT2D eigenvalue weighted by atomic mass is 16.5. The summed E-state index contributed by atoms with van der Waals surface area (Å²) in [5, 5.41) is 0. The lowest BCUT2D eigenvalue weighted by Crippen LogP contribution is -2.32. The Kier molecular flexibility index (Phi) is 7.25. The van der Waals surface area contributed by atoms with Crippen molar-refractivity contribution >= 4 is 5.97 Å². The van der Waals surface area contributed by atoms with E-state index in [1.165, 1.54) is 64.2 Å². The highest BCUT2D eigenvalue weighted by molar-refractivity contribution is 5.72. The predicted molar refractivity (Wildman–Crippen MR) is 103 cm³/mol. The second-order valence-electron chi connectivity index (χ2n) is 9.29. The molecule has 3 saturated carbocycles. The number of hydrogen-bond donors (Lipinski definition) is 0. The maximum atomic E-state index is 12.6. The summed E-state index contributed by atoms with van der Waals surface area (Å²) in [6.07, 6.45) is 18.1. The molecule has 2 nitrogen and oxygen atoms in total. The van der Waals surface area contributed by atoms with E-state index in [-0.39, 0.29) is 18.0 Å². The van der Waals surface area contributed by atoms with Crippen molar-refractivity contribution < 1.29 is 9.53 Å². The molecule has 0 aliphatic heterocycles. The van der Waals surface area contributed by atoms with Crippen molar-refractivity contribution in [1.82, 2.24) is 0 Å². The zero-order valence-corrected chi connectivity index (χ0v) is 16.7. The molecule has 0 saturated heterocycles. The Morgan fingerprint density at radius 1 is 0.680 bits per heavy atom. The van der Waals surface area contributed by atoms with Gasteiger partial charge in [0.2, 0.25) is 0 Å². The number of rotatable bonds is 5. The molecule has 0 aromatic carbocycles. The van der Waals surface area contributed by atoms with Crippen LogP contribution in [0.1, 0.15) is 104 Å². The van der Waals surface area contributed by atoms with Gasteiger partial charge in [-0.05, 0) is 87.9 Å². The largest absolute Gasteiger partial charge is 0.462 e. The molecule has 0 radical (unpaired) electrons. The first kappa shape index (κ1) is 19.2. The summed E-state index contributed by atoms with van der Waals surface area (Å²) in [4.78, 5) is 12.6. The molecule has 0 N–H and O–H groups in total. The van der Waals surface area contributed by atoms with E-state index in [2.05, 4.69) is 13.8 Å². The van der Waals surface area contributed by atoms with E-state index in [0.29, 0.717) is 0 Å². The second kappa shape index (κ2) is 9.42. The van der Waals surface area contributed by atoms with E-state index in [0.717, 1.165) is 49.4 Å². The van der Waals surface area contributed by atoms with Gasteiger partial charge in [0.25, 0.3) is 0 Å². The fraction of sp³-hybridized carbons (Fsp3) is 0.957. The summed E-state index contributed by atoms with van der Waals surface area (Å²) in [6, 6.07) is 0. The summed E-state index contributed by atoms with van der Waals surface area (Å²) in [6.45, 7) is 4.63. The SMILES string of the molecule is CCC1CCC(OC(=O)C2CCC(C3CCC(CC)CC3)CC2)CC1. The Hall–Kier alpha value is -0.530. The summed E-state index contributed by atoms with van der Waals surface area (Å²) >= 11 is 0. The van der Waals surface area contributed by atoms with E-state index in [9.17, 15) is 4.79 Å². The molecule has 0 unspecified atom stereocenters. The minimum Gasteiger partial charge on any atom is -0.462 e. The van der Waals surface area contributed by atoms with Crippen LogP contribution in [0, 0.1) is 29.6 Å². The molecule has 0 heterocycles. The predicted octanol–water partition coefficient (Wildman–Crippen LogP) is 6.52. The third-order valence-electron chi connectivity index (χ3n) is 7.89. The van der Waals surface area contributed by atoms with Gasteiger partial charge in [0.15, 0.2) is 0 Å². The molecule has 0 spiro atoms. The third kappa shape index (κ3) is 5.23. The molecule has 3 aliphatic carbocycles. The van der Waals surface area contributed by atoms with Crippen LogP contribution in [0.15, 0.2) is 0 Å². The van der Waals surface area contributed by atoms with Crippen LogP contribution in [0.25, 0.3) is 0 Å². The summed E-state index contributed by atoms with van der Waals surface area (Å²) in [5.74, 6) is 4.03. The Balaban J connectivity index is 1.36. The van der Waals surface area contributed by atoms with Gasteiger partial charge in [0.1, 0.15) is 6.10 Å². The lowest BCUT2D eigenvalue weighted by molar-refractivity contribution is -0.157. The second-order valence-corrected chi connectivity index (χ2v) is 9.29. The van der Waals surface area contributed by atoms with Gasteiger partial charge in [-0.2, -0.15) is 0 Å². The molecule has 3 rings (SSSR count). The number of hydrogen-bond acceptors (Lipinski definition) is 2. The average Bonchev–Trinajstić information content (AvgIpc) is 2.69. The Labute approximate surface area is 155 Å². The first-order valence-corrected chi connectivity index (χ1v) is 11.4. The van der Waals surface area contributed by atoms with Gasteiger partial charge in [0.05, 0.1) is 5.92 Å². The van der Waals surface area contributed by atoms with Gasteiger partial charge >= 0.3 is 5.97 Å². The molecular formula is C23H40O2. The van der Waals surface area contributed by atoms with Crippen LogP contribution >= 0.6 is 0 Å². The summed E-state index contributed by atoms with van der Waals surface area (Å²) in [7, 11) is 0. The monoisotopic (exact) mass is 348 g/mol. The molecule has 3 aliphatic rings. The molecule has 0 amide bonds. The van der Waals surface area contributed by atoms with E-state index in [1.807, 2.05) is 0 Å². The van der Waals surface area contributed by atoms with Crippen LogP contribution < -0.4 is 0 Å². The number of ether oxygens (including phenoxy) is 1. The first-order chi connectivity index (χ1) is 12.2. The van der Waals surface area contributed by atoms with Crippen LogP contribution in [0.2, 0.25) is 0 Å². The topological polar surface area (TPSA) is 26.3 Å². The van der Waals surface area contributed by atoms with Crippen molar-refractivity contribution in [2.75, 3.05) is 0 Å². The van der Waals surface area contributed by atoms with E-state index >= 15 is 0 Å². The molecule has 25 heavy (non-hydrogen) atoms. The minimum atomic E-state index is 0.132. The zero-order chi connectivity index (χ0) is 17.6. The van der Waals surface area contributed by atoms with E-state index in [4.69, 9.17) is 4.74 Å². The maximum absolute atomic E-state index is 12.6. The van der Waals surface area contributed by atoms with Crippen molar-refractivity contribution in [2.24, 2.45) is 29.6 Å². The standard InChI is InChI=1S/C23H40O2/c1-3-17-5-9-19(10-6-17)20-11-13-21(14-12-20)23(24)25-22-15-7-18(4-2)8-16-22/h17-22H,3-16H2,1-2H3.